The van der Waals surface area contributed by atoms with Gasteiger partial charge in [0.1, 0.15) is 11.4 Å². The van der Waals surface area contributed by atoms with Crippen LogP contribution in [0, 0.1) is 13.8 Å². The number of amides is 1. The molecular weight excluding hydrogens is 274 g/mol. The fraction of sp³-hybridized carbons (Fsp3) is 0.214. The van der Waals surface area contributed by atoms with Crippen molar-refractivity contribution in [3.8, 4) is 5.75 Å². The summed E-state index contributed by atoms with van der Waals surface area (Å²) < 4.78 is 5.39. The van der Waals surface area contributed by atoms with Gasteiger partial charge in [-0.1, -0.05) is 17.7 Å². The van der Waals surface area contributed by atoms with E-state index < -0.39 is 17.2 Å². The van der Waals surface area contributed by atoms with Crippen molar-refractivity contribution in [2.45, 2.75) is 13.8 Å². The van der Waals surface area contributed by atoms with E-state index in [1.165, 1.54) is 0 Å². The molecule has 1 aromatic heterocycles. The van der Waals surface area contributed by atoms with E-state index in [2.05, 4.69) is 10.3 Å². The molecule has 3 N–H and O–H groups in total. The van der Waals surface area contributed by atoms with Crippen LogP contribution >= 0.6 is 0 Å². The number of aryl methyl sites for hydroxylation is 2. The molecule has 1 amide bonds. The van der Waals surface area contributed by atoms with Crippen molar-refractivity contribution in [3.05, 3.63) is 56.4 Å². The maximum absolute atomic E-state index is 11.7. The van der Waals surface area contributed by atoms with E-state index in [1.807, 2.05) is 31.0 Å². The molecule has 1 heterocycles. The van der Waals surface area contributed by atoms with Crippen molar-refractivity contribution in [2.24, 2.45) is 0 Å². The van der Waals surface area contributed by atoms with E-state index in [-0.39, 0.29) is 12.3 Å². The Labute approximate surface area is 120 Å². The molecular formula is C14H15N3O4. The Kier molecular flexibility index (Phi) is 4.22. The van der Waals surface area contributed by atoms with Gasteiger partial charge in [0, 0.05) is 6.20 Å². The van der Waals surface area contributed by atoms with E-state index in [0.717, 1.165) is 17.3 Å². The molecule has 1 aromatic carbocycles. The standard InChI is InChI=1S/C14H15N3O4/c1-8-3-4-11(9(2)5-8)21-7-12(18)16-10-6-15-14(20)17-13(10)19/h3-6H,7H2,1-2H3,(H,16,18)(H2,15,17,19,20). The number of anilines is 1. The van der Waals surface area contributed by atoms with Crippen LogP contribution < -0.4 is 21.3 Å². The van der Waals surface area contributed by atoms with Crippen molar-refractivity contribution >= 4 is 11.6 Å². The molecule has 0 radical (unpaired) electrons. The lowest BCUT2D eigenvalue weighted by Crippen LogP contribution is -2.28. The summed E-state index contributed by atoms with van der Waals surface area (Å²) in [7, 11) is 0. The molecule has 0 spiro atoms. The van der Waals surface area contributed by atoms with Crippen LogP contribution in [0.4, 0.5) is 5.69 Å². The Hall–Kier alpha value is -2.83. The summed E-state index contributed by atoms with van der Waals surface area (Å²) in [5.41, 5.74) is 0.681. The Morgan fingerprint density at radius 3 is 2.71 bits per heavy atom. The minimum Gasteiger partial charge on any atom is -0.483 e. The van der Waals surface area contributed by atoms with Gasteiger partial charge in [-0.2, -0.15) is 0 Å². The average Bonchev–Trinajstić information content (AvgIpc) is 2.41. The first-order chi connectivity index (χ1) is 9.95. The number of carbonyl (C=O) groups is 1. The maximum atomic E-state index is 11.7. The second-order valence-corrected chi connectivity index (χ2v) is 4.59. The zero-order chi connectivity index (χ0) is 15.4. The lowest BCUT2D eigenvalue weighted by Gasteiger charge is -2.09. The van der Waals surface area contributed by atoms with Gasteiger partial charge in [-0.25, -0.2) is 4.79 Å². The fourth-order valence-electron chi connectivity index (χ4n) is 1.79. The summed E-state index contributed by atoms with van der Waals surface area (Å²) in [6.07, 6.45) is 1.14. The number of H-pyrrole nitrogens is 2. The number of hydrogen-bond acceptors (Lipinski definition) is 4. The van der Waals surface area contributed by atoms with Crippen molar-refractivity contribution in [3.63, 3.8) is 0 Å². The highest BCUT2D eigenvalue weighted by molar-refractivity contribution is 5.91. The first-order valence-electron chi connectivity index (χ1n) is 6.27. The highest BCUT2D eigenvalue weighted by atomic mass is 16.5. The molecule has 0 fully saturated rings. The first-order valence-corrected chi connectivity index (χ1v) is 6.27. The number of hydrogen-bond donors (Lipinski definition) is 3. The third-order valence-corrected chi connectivity index (χ3v) is 2.78. The molecule has 0 atom stereocenters. The Morgan fingerprint density at radius 2 is 2.05 bits per heavy atom. The van der Waals surface area contributed by atoms with Gasteiger partial charge in [0.2, 0.25) is 0 Å². The van der Waals surface area contributed by atoms with Crippen LogP contribution in [-0.4, -0.2) is 22.5 Å². The zero-order valence-electron chi connectivity index (χ0n) is 11.6. The number of carbonyl (C=O) groups excluding carboxylic acids is 1. The van der Waals surface area contributed by atoms with Gasteiger partial charge in [0.25, 0.3) is 11.5 Å². The molecule has 0 aliphatic rings. The van der Waals surface area contributed by atoms with Gasteiger partial charge < -0.3 is 15.0 Å². The molecule has 0 aliphatic carbocycles. The second-order valence-electron chi connectivity index (χ2n) is 4.59. The fourth-order valence-corrected chi connectivity index (χ4v) is 1.79. The smallest absolute Gasteiger partial charge is 0.325 e. The zero-order valence-corrected chi connectivity index (χ0v) is 11.6. The predicted octanol–water partition coefficient (Wildman–Crippen LogP) is 0.698. The van der Waals surface area contributed by atoms with Crippen molar-refractivity contribution in [2.75, 3.05) is 11.9 Å². The number of ether oxygens (including phenoxy) is 1. The van der Waals surface area contributed by atoms with Crippen molar-refractivity contribution < 1.29 is 9.53 Å². The molecule has 2 rings (SSSR count). The van der Waals surface area contributed by atoms with Crippen molar-refractivity contribution in [1.82, 2.24) is 9.97 Å². The first kappa shape index (κ1) is 14.6. The molecule has 2 aromatic rings. The lowest BCUT2D eigenvalue weighted by atomic mass is 10.1. The summed E-state index contributed by atoms with van der Waals surface area (Å²) >= 11 is 0. The molecule has 0 saturated carbocycles. The average molecular weight is 289 g/mol. The number of nitrogens with one attached hydrogen (secondary N) is 3. The summed E-state index contributed by atoms with van der Waals surface area (Å²) in [6, 6.07) is 5.61. The summed E-state index contributed by atoms with van der Waals surface area (Å²) in [6.45, 7) is 3.61. The topological polar surface area (TPSA) is 104 Å². The molecule has 7 nitrogen and oxygen atoms in total. The van der Waals surface area contributed by atoms with Crippen LogP contribution in [0.1, 0.15) is 11.1 Å². The Morgan fingerprint density at radius 1 is 1.29 bits per heavy atom. The Balaban J connectivity index is 1.99. The van der Waals surface area contributed by atoms with Gasteiger partial charge in [-0.3, -0.25) is 14.6 Å². The van der Waals surface area contributed by atoms with Gasteiger partial charge in [-0.15, -0.1) is 0 Å². The van der Waals surface area contributed by atoms with E-state index in [9.17, 15) is 14.4 Å². The monoisotopic (exact) mass is 289 g/mol. The van der Waals surface area contributed by atoms with Crippen molar-refractivity contribution in [1.29, 1.82) is 0 Å². The van der Waals surface area contributed by atoms with Crippen LogP contribution in [0.3, 0.4) is 0 Å². The third kappa shape index (κ3) is 3.82. The largest absolute Gasteiger partial charge is 0.483 e. The maximum Gasteiger partial charge on any atom is 0.325 e. The number of aromatic amines is 2. The molecule has 0 saturated heterocycles. The SMILES string of the molecule is Cc1ccc(OCC(=O)Nc2c[nH]c(=O)[nH]c2=O)c(C)c1. The van der Waals surface area contributed by atoms with Crippen LogP contribution in [0.2, 0.25) is 0 Å². The van der Waals surface area contributed by atoms with E-state index in [0.29, 0.717) is 5.75 Å². The van der Waals surface area contributed by atoms with Crippen LogP contribution in [0.25, 0.3) is 0 Å². The Bertz CT molecular complexity index is 776. The minimum atomic E-state index is -0.668. The predicted molar refractivity (Wildman–Crippen MR) is 77.7 cm³/mol. The molecule has 0 unspecified atom stereocenters. The molecule has 0 aliphatic heterocycles. The number of aromatic nitrogens is 2. The molecule has 0 bridgehead atoms. The van der Waals surface area contributed by atoms with Gasteiger partial charge >= 0.3 is 5.69 Å². The third-order valence-electron chi connectivity index (χ3n) is 2.78. The van der Waals surface area contributed by atoms with E-state index in [4.69, 9.17) is 4.74 Å². The molecule has 21 heavy (non-hydrogen) atoms. The highest BCUT2D eigenvalue weighted by Gasteiger charge is 2.08. The number of benzene rings is 1. The van der Waals surface area contributed by atoms with Crippen LogP contribution in [0.15, 0.2) is 34.0 Å². The number of rotatable bonds is 4. The van der Waals surface area contributed by atoms with Gasteiger partial charge in [-0.05, 0) is 25.5 Å². The summed E-state index contributed by atoms with van der Waals surface area (Å²) in [5, 5.41) is 2.36. The van der Waals surface area contributed by atoms with Crippen LogP contribution in [-0.2, 0) is 4.79 Å². The quantitative estimate of drug-likeness (QED) is 0.770. The summed E-state index contributed by atoms with van der Waals surface area (Å²) in [4.78, 5) is 38.3. The second kappa shape index (κ2) is 6.08. The van der Waals surface area contributed by atoms with E-state index >= 15 is 0 Å². The lowest BCUT2D eigenvalue weighted by molar-refractivity contribution is -0.118. The minimum absolute atomic E-state index is 0.0381. The van der Waals surface area contributed by atoms with E-state index in [1.54, 1.807) is 6.07 Å². The normalized spacial score (nSPS) is 10.2. The highest BCUT2D eigenvalue weighted by Crippen LogP contribution is 2.18. The van der Waals surface area contributed by atoms with Gasteiger partial charge in [0.05, 0.1) is 0 Å². The molecule has 7 heteroatoms. The molecule has 110 valence electrons. The van der Waals surface area contributed by atoms with Gasteiger partial charge in [0.15, 0.2) is 6.61 Å². The van der Waals surface area contributed by atoms with Crippen LogP contribution in [0.5, 0.6) is 5.75 Å². The summed E-state index contributed by atoms with van der Waals surface area (Å²) in [5.74, 6) is 0.110.